The van der Waals surface area contributed by atoms with Crippen LogP contribution in [0.2, 0.25) is 0 Å². The highest BCUT2D eigenvalue weighted by Crippen LogP contribution is 2.33. The van der Waals surface area contributed by atoms with Crippen LogP contribution in [0, 0.1) is 6.92 Å². The van der Waals surface area contributed by atoms with Gasteiger partial charge in [0.25, 0.3) is 0 Å². The second-order valence-corrected chi connectivity index (χ2v) is 5.21. The second kappa shape index (κ2) is 5.27. The summed E-state index contributed by atoms with van der Waals surface area (Å²) in [5, 5.41) is 9.68. The van der Waals surface area contributed by atoms with Gasteiger partial charge in [-0.2, -0.15) is 0 Å². The number of thiazole rings is 1. The van der Waals surface area contributed by atoms with Gasteiger partial charge in [0.2, 0.25) is 0 Å². The lowest BCUT2D eigenvalue weighted by Gasteiger charge is -2.05. The van der Waals surface area contributed by atoms with Crippen molar-refractivity contribution in [2.45, 2.75) is 26.2 Å². The third kappa shape index (κ3) is 2.73. The zero-order valence-corrected chi connectivity index (χ0v) is 11.1. The van der Waals surface area contributed by atoms with Gasteiger partial charge in [-0.1, -0.05) is 13.0 Å². The largest absolute Gasteiger partial charge is 0.481 e. The van der Waals surface area contributed by atoms with E-state index < -0.39 is 5.97 Å². The summed E-state index contributed by atoms with van der Waals surface area (Å²) in [6.45, 7) is 3.83. The van der Waals surface area contributed by atoms with Crippen LogP contribution in [0.4, 0.5) is 0 Å². The molecule has 2 heterocycles. The third-order valence-corrected chi connectivity index (χ3v) is 4.06. The average molecular weight is 262 g/mol. The Morgan fingerprint density at radius 1 is 1.50 bits per heavy atom. The first-order valence-corrected chi connectivity index (χ1v) is 6.50. The number of carboxylic acids is 1. The molecule has 2 aromatic rings. The average Bonchev–Trinajstić information content (AvgIpc) is 2.72. The molecular weight excluding hydrogens is 248 g/mol. The maximum absolute atomic E-state index is 10.7. The Labute approximate surface area is 109 Å². The molecule has 0 spiro atoms. The summed E-state index contributed by atoms with van der Waals surface area (Å²) < 4.78 is 0. The molecule has 18 heavy (non-hydrogen) atoms. The Hall–Kier alpha value is -1.75. The fraction of sp³-hybridized carbons (Fsp3) is 0.308. The molecule has 2 rings (SSSR count). The summed E-state index contributed by atoms with van der Waals surface area (Å²) in [5.41, 5.74) is 1.73. The quantitative estimate of drug-likeness (QED) is 0.919. The lowest BCUT2D eigenvalue weighted by molar-refractivity contribution is -0.137. The lowest BCUT2D eigenvalue weighted by atomic mass is 10.1. The van der Waals surface area contributed by atoms with Gasteiger partial charge in [-0.05, 0) is 19.1 Å². The highest BCUT2D eigenvalue weighted by Gasteiger charge is 2.17. The molecule has 0 aliphatic heterocycles. The Balaban J connectivity index is 2.30. The summed E-state index contributed by atoms with van der Waals surface area (Å²) in [6.07, 6.45) is 1.86. The van der Waals surface area contributed by atoms with Crippen LogP contribution in [0.5, 0.6) is 0 Å². The number of nitrogens with zero attached hydrogens (tertiary/aromatic N) is 2. The van der Waals surface area contributed by atoms with Crippen molar-refractivity contribution in [3.8, 4) is 10.7 Å². The minimum atomic E-state index is -0.783. The molecule has 0 aromatic carbocycles. The van der Waals surface area contributed by atoms with E-state index in [4.69, 9.17) is 5.11 Å². The molecule has 5 heteroatoms. The van der Waals surface area contributed by atoms with Crippen molar-refractivity contribution in [3.63, 3.8) is 0 Å². The second-order valence-electron chi connectivity index (χ2n) is 4.18. The predicted octanol–water partition coefficient (Wildman–Crippen LogP) is 3.09. The van der Waals surface area contributed by atoms with Crippen LogP contribution in [0.25, 0.3) is 10.7 Å². The van der Waals surface area contributed by atoms with Crippen molar-refractivity contribution in [2.75, 3.05) is 0 Å². The summed E-state index contributed by atoms with van der Waals surface area (Å²) in [5.74, 6) is -0.799. The van der Waals surface area contributed by atoms with E-state index in [2.05, 4.69) is 9.97 Å². The first-order chi connectivity index (χ1) is 8.58. The SMILES string of the molecule is Cc1nc(-c2ccccn2)sc1C(C)CC(=O)O. The molecule has 0 fully saturated rings. The van der Waals surface area contributed by atoms with Gasteiger partial charge >= 0.3 is 5.97 Å². The van der Waals surface area contributed by atoms with Crippen molar-refractivity contribution < 1.29 is 9.90 Å². The van der Waals surface area contributed by atoms with Crippen molar-refractivity contribution >= 4 is 17.3 Å². The van der Waals surface area contributed by atoms with Crippen LogP contribution in [0.1, 0.15) is 29.8 Å². The van der Waals surface area contributed by atoms with Crippen LogP contribution < -0.4 is 0 Å². The standard InChI is InChI=1S/C13H14N2O2S/c1-8(7-11(16)17)12-9(2)15-13(18-12)10-5-3-4-6-14-10/h3-6,8H,7H2,1-2H3,(H,16,17). The zero-order chi connectivity index (χ0) is 13.1. The fourth-order valence-corrected chi connectivity index (χ4v) is 2.91. The Morgan fingerprint density at radius 2 is 2.28 bits per heavy atom. The van der Waals surface area contributed by atoms with Crippen LogP contribution in [0.15, 0.2) is 24.4 Å². The summed E-state index contributed by atoms with van der Waals surface area (Å²) in [6, 6.07) is 5.68. The number of aromatic nitrogens is 2. The number of hydrogen-bond donors (Lipinski definition) is 1. The van der Waals surface area contributed by atoms with Gasteiger partial charge in [0, 0.05) is 17.0 Å². The van der Waals surface area contributed by atoms with Gasteiger partial charge in [0.1, 0.15) is 5.01 Å². The molecule has 0 radical (unpaired) electrons. The first kappa shape index (κ1) is 12.7. The highest BCUT2D eigenvalue weighted by atomic mass is 32.1. The molecule has 0 aliphatic carbocycles. The van der Waals surface area contributed by atoms with E-state index in [1.54, 1.807) is 6.20 Å². The number of carbonyl (C=O) groups is 1. The Morgan fingerprint density at radius 3 is 2.89 bits per heavy atom. The smallest absolute Gasteiger partial charge is 0.303 e. The van der Waals surface area contributed by atoms with Gasteiger partial charge in [0.15, 0.2) is 0 Å². The van der Waals surface area contributed by atoms with Crippen molar-refractivity contribution in [3.05, 3.63) is 35.0 Å². The third-order valence-electron chi connectivity index (χ3n) is 2.64. The lowest BCUT2D eigenvalue weighted by Crippen LogP contribution is -2.02. The van der Waals surface area contributed by atoms with E-state index in [-0.39, 0.29) is 12.3 Å². The van der Waals surface area contributed by atoms with Gasteiger partial charge in [-0.15, -0.1) is 11.3 Å². The number of pyridine rings is 1. The van der Waals surface area contributed by atoms with E-state index in [0.29, 0.717) is 0 Å². The van der Waals surface area contributed by atoms with E-state index in [1.165, 1.54) is 11.3 Å². The topological polar surface area (TPSA) is 63.1 Å². The maximum atomic E-state index is 10.7. The van der Waals surface area contributed by atoms with Crippen molar-refractivity contribution in [1.82, 2.24) is 9.97 Å². The zero-order valence-electron chi connectivity index (χ0n) is 10.3. The molecule has 0 aliphatic rings. The highest BCUT2D eigenvalue weighted by molar-refractivity contribution is 7.15. The van der Waals surface area contributed by atoms with Gasteiger partial charge in [-0.3, -0.25) is 9.78 Å². The minimum Gasteiger partial charge on any atom is -0.481 e. The molecule has 2 aromatic heterocycles. The number of hydrogen-bond acceptors (Lipinski definition) is 4. The summed E-state index contributed by atoms with van der Waals surface area (Å²) in [4.78, 5) is 20.5. The Kier molecular flexibility index (Phi) is 3.72. The maximum Gasteiger partial charge on any atom is 0.303 e. The van der Waals surface area contributed by atoms with E-state index in [0.717, 1.165) is 21.3 Å². The molecule has 94 valence electrons. The van der Waals surface area contributed by atoms with Crippen molar-refractivity contribution in [1.29, 1.82) is 0 Å². The van der Waals surface area contributed by atoms with Gasteiger partial charge in [-0.25, -0.2) is 4.98 Å². The molecular formula is C13H14N2O2S. The molecule has 1 unspecified atom stereocenters. The first-order valence-electron chi connectivity index (χ1n) is 5.68. The number of aliphatic carboxylic acids is 1. The summed E-state index contributed by atoms with van der Waals surface area (Å²) in [7, 11) is 0. The predicted molar refractivity (Wildman–Crippen MR) is 70.7 cm³/mol. The summed E-state index contributed by atoms with van der Waals surface area (Å²) >= 11 is 1.53. The molecule has 1 N–H and O–H groups in total. The molecule has 0 saturated carbocycles. The van der Waals surface area contributed by atoms with Crippen molar-refractivity contribution in [2.24, 2.45) is 0 Å². The Bertz CT molecular complexity index is 551. The number of aryl methyl sites for hydroxylation is 1. The monoisotopic (exact) mass is 262 g/mol. The van der Waals surface area contributed by atoms with Crippen LogP contribution >= 0.6 is 11.3 Å². The molecule has 0 amide bonds. The van der Waals surface area contributed by atoms with E-state index in [9.17, 15) is 4.79 Å². The van der Waals surface area contributed by atoms with E-state index >= 15 is 0 Å². The van der Waals surface area contributed by atoms with Crippen LogP contribution in [0.3, 0.4) is 0 Å². The molecule has 4 nitrogen and oxygen atoms in total. The van der Waals surface area contributed by atoms with Crippen LogP contribution in [-0.4, -0.2) is 21.0 Å². The minimum absolute atomic E-state index is 0.0162. The number of carboxylic acid groups (broad SMARTS) is 1. The molecule has 1 atom stereocenters. The normalized spacial score (nSPS) is 12.3. The molecule has 0 saturated heterocycles. The number of rotatable bonds is 4. The van der Waals surface area contributed by atoms with Gasteiger partial charge in [0.05, 0.1) is 17.8 Å². The van der Waals surface area contributed by atoms with Gasteiger partial charge < -0.3 is 5.11 Å². The molecule has 0 bridgehead atoms. The van der Waals surface area contributed by atoms with E-state index in [1.807, 2.05) is 32.0 Å². The van der Waals surface area contributed by atoms with Crippen LogP contribution in [-0.2, 0) is 4.79 Å². The fourth-order valence-electron chi connectivity index (χ4n) is 1.82.